The maximum absolute atomic E-state index is 12.6. The van der Waals surface area contributed by atoms with E-state index in [9.17, 15) is 14.4 Å². The van der Waals surface area contributed by atoms with Crippen molar-refractivity contribution in [1.82, 2.24) is 0 Å². The number of allylic oxidation sites excluding steroid dienone is 4. The molecule has 1 heterocycles. The van der Waals surface area contributed by atoms with Crippen molar-refractivity contribution in [2.24, 2.45) is 0 Å². The second kappa shape index (κ2) is 13.3. The van der Waals surface area contributed by atoms with Crippen LogP contribution in [0.15, 0.2) is 118 Å². The van der Waals surface area contributed by atoms with Crippen LogP contribution in [0.1, 0.15) is 11.5 Å². The first-order valence-electron chi connectivity index (χ1n) is 12.9. The molecule has 0 saturated carbocycles. The van der Waals surface area contributed by atoms with Crippen LogP contribution in [0.2, 0.25) is 0 Å². The van der Waals surface area contributed by atoms with Gasteiger partial charge in [0.15, 0.2) is 28.6 Å². The van der Waals surface area contributed by atoms with Crippen LogP contribution in [0.5, 0.6) is 17.2 Å². The Morgan fingerprint density at radius 2 is 1.45 bits per heavy atom. The summed E-state index contributed by atoms with van der Waals surface area (Å²) in [4.78, 5) is 36.6. The number of carbonyl (C=O) groups excluding carboxylic acids is 2. The SMILES string of the molecule is C=CC(C1=CC(=O)C(OC)=CC1=O)c1ccc(OC)cc1.COc1c(-c2ccccc2)oc2c(OC)cccc2c1=O. The van der Waals surface area contributed by atoms with Gasteiger partial charge in [0.1, 0.15) is 5.75 Å². The molecule has 1 aliphatic rings. The Bertz CT molecular complexity index is 1730. The molecule has 1 aromatic heterocycles. The van der Waals surface area contributed by atoms with Crippen molar-refractivity contribution in [2.45, 2.75) is 5.92 Å². The number of fused-ring (bicyclic) bond motifs is 1. The predicted molar refractivity (Wildman–Crippen MR) is 160 cm³/mol. The Morgan fingerprint density at radius 3 is 2.05 bits per heavy atom. The van der Waals surface area contributed by atoms with Crippen molar-refractivity contribution in [1.29, 1.82) is 0 Å². The van der Waals surface area contributed by atoms with E-state index in [0.717, 1.165) is 16.9 Å². The van der Waals surface area contributed by atoms with Crippen molar-refractivity contribution in [3.8, 4) is 28.6 Å². The molecule has 1 atom stereocenters. The first-order chi connectivity index (χ1) is 20.4. The van der Waals surface area contributed by atoms with Crippen LogP contribution >= 0.6 is 0 Å². The van der Waals surface area contributed by atoms with Gasteiger partial charge in [-0.1, -0.05) is 54.6 Å². The monoisotopic (exact) mass is 566 g/mol. The minimum atomic E-state index is -0.345. The number of benzene rings is 3. The standard InChI is InChI=1S/C17H14O4.C17H16O4/c1-19-13-10-6-9-12-14(18)17(20-2)15(21-16(12)13)11-7-4-3-5-8-11;1-4-13(11-5-7-12(20-2)8-6-11)14-9-16(19)17(21-3)10-15(14)18/h3-10H,1-2H3;4-10,13H,1H2,2-3H3. The first-order valence-corrected chi connectivity index (χ1v) is 12.9. The van der Waals surface area contributed by atoms with Crippen molar-refractivity contribution in [3.05, 3.63) is 125 Å². The molecule has 0 N–H and O–H groups in total. The molecular formula is C34H30O8. The number of ketones is 2. The third kappa shape index (κ3) is 6.02. The van der Waals surface area contributed by atoms with Crippen molar-refractivity contribution < 1.29 is 33.0 Å². The van der Waals surface area contributed by atoms with Gasteiger partial charge in [0.05, 0.1) is 33.8 Å². The van der Waals surface area contributed by atoms with Crippen LogP contribution < -0.4 is 19.6 Å². The summed E-state index contributed by atoms with van der Waals surface area (Å²) in [6.45, 7) is 3.77. The van der Waals surface area contributed by atoms with Crippen LogP contribution in [0, 0.1) is 0 Å². The largest absolute Gasteiger partial charge is 0.497 e. The van der Waals surface area contributed by atoms with E-state index >= 15 is 0 Å². The highest BCUT2D eigenvalue weighted by Gasteiger charge is 2.26. The average Bonchev–Trinajstić information content (AvgIpc) is 3.03. The van der Waals surface area contributed by atoms with E-state index in [-0.39, 0.29) is 34.4 Å². The number of methoxy groups -OCH3 is 4. The molecule has 0 aliphatic heterocycles. The summed E-state index contributed by atoms with van der Waals surface area (Å²) in [7, 11) is 5.96. The Kier molecular flexibility index (Phi) is 9.39. The smallest absolute Gasteiger partial charge is 0.235 e. The van der Waals surface area contributed by atoms with Gasteiger partial charge < -0.3 is 23.4 Å². The molecule has 0 amide bonds. The number of para-hydroxylation sites is 1. The van der Waals surface area contributed by atoms with Gasteiger partial charge in [-0.25, -0.2) is 0 Å². The summed E-state index contributed by atoms with van der Waals surface area (Å²) in [6.07, 6.45) is 4.18. The average molecular weight is 567 g/mol. The molecule has 0 saturated heterocycles. The number of rotatable bonds is 8. The van der Waals surface area contributed by atoms with Gasteiger partial charge in [-0.05, 0) is 35.9 Å². The Hall–Kier alpha value is -5.37. The van der Waals surface area contributed by atoms with E-state index in [2.05, 4.69) is 6.58 Å². The molecule has 0 radical (unpaired) electrons. The summed E-state index contributed by atoms with van der Waals surface area (Å²) < 4.78 is 26.4. The van der Waals surface area contributed by atoms with Gasteiger partial charge in [0.2, 0.25) is 17.0 Å². The van der Waals surface area contributed by atoms with Crippen molar-refractivity contribution in [2.75, 3.05) is 28.4 Å². The quantitative estimate of drug-likeness (QED) is 0.188. The Labute approximate surface area is 243 Å². The molecular weight excluding hydrogens is 536 g/mol. The third-order valence-corrected chi connectivity index (χ3v) is 6.64. The van der Waals surface area contributed by atoms with Gasteiger partial charge in [-0.3, -0.25) is 14.4 Å². The zero-order chi connectivity index (χ0) is 30.2. The maximum Gasteiger partial charge on any atom is 0.235 e. The normalized spacial score (nSPS) is 13.2. The molecule has 4 aromatic rings. The molecule has 8 nitrogen and oxygen atoms in total. The van der Waals surface area contributed by atoms with E-state index in [1.165, 1.54) is 26.4 Å². The van der Waals surface area contributed by atoms with Crippen LogP contribution in [0.25, 0.3) is 22.3 Å². The molecule has 5 rings (SSSR count). The molecule has 0 fully saturated rings. The summed E-state index contributed by atoms with van der Waals surface area (Å²) in [5.41, 5.74) is 2.24. The van der Waals surface area contributed by atoms with Gasteiger partial charge >= 0.3 is 0 Å². The molecule has 1 unspecified atom stereocenters. The number of carbonyl (C=O) groups is 2. The summed E-state index contributed by atoms with van der Waals surface area (Å²) in [6, 6.07) is 21.9. The molecule has 0 bridgehead atoms. The summed E-state index contributed by atoms with van der Waals surface area (Å²) >= 11 is 0. The lowest BCUT2D eigenvalue weighted by Gasteiger charge is -2.18. The van der Waals surface area contributed by atoms with Crippen LogP contribution in [-0.4, -0.2) is 40.0 Å². The van der Waals surface area contributed by atoms with Gasteiger partial charge in [0, 0.05) is 23.1 Å². The highest BCUT2D eigenvalue weighted by molar-refractivity contribution is 6.19. The highest BCUT2D eigenvalue weighted by Crippen LogP contribution is 2.34. The van der Waals surface area contributed by atoms with Crippen LogP contribution in [0.4, 0.5) is 0 Å². The van der Waals surface area contributed by atoms with Crippen LogP contribution in [-0.2, 0) is 14.3 Å². The fraction of sp³-hybridized carbons (Fsp3) is 0.147. The summed E-state index contributed by atoms with van der Waals surface area (Å²) in [5.74, 6) is 0.998. The summed E-state index contributed by atoms with van der Waals surface area (Å²) in [5, 5.41) is 0.436. The van der Waals surface area contributed by atoms with Gasteiger partial charge in [-0.2, -0.15) is 0 Å². The fourth-order valence-electron chi connectivity index (χ4n) is 4.51. The zero-order valence-electron chi connectivity index (χ0n) is 23.7. The van der Waals surface area contributed by atoms with E-state index in [4.69, 9.17) is 23.4 Å². The fourth-order valence-corrected chi connectivity index (χ4v) is 4.51. The van der Waals surface area contributed by atoms with E-state index in [1.54, 1.807) is 50.6 Å². The predicted octanol–water partition coefficient (Wildman–Crippen LogP) is 6.05. The molecule has 42 heavy (non-hydrogen) atoms. The Morgan fingerprint density at radius 1 is 0.738 bits per heavy atom. The lowest BCUT2D eigenvalue weighted by atomic mass is 9.85. The van der Waals surface area contributed by atoms with E-state index in [0.29, 0.717) is 28.1 Å². The van der Waals surface area contributed by atoms with Crippen molar-refractivity contribution in [3.63, 3.8) is 0 Å². The van der Waals surface area contributed by atoms with Crippen molar-refractivity contribution >= 4 is 22.5 Å². The second-order valence-corrected chi connectivity index (χ2v) is 9.02. The van der Waals surface area contributed by atoms with Crippen LogP contribution in [0.3, 0.4) is 0 Å². The minimum Gasteiger partial charge on any atom is -0.497 e. The number of ether oxygens (including phenoxy) is 4. The first kappa shape index (κ1) is 29.6. The topological polar surface area (TPSA) is 101 Å². The van der Waals surface area contributed by atoms with E-state index in [1.807, 2.05) is 42.5 Å². The second-order valence-electron chi connectivity index (χ2n) is 9.02. The number of hydrogen-bond donors (Lipinski definition) is 0. The lowest BCUT2D eigenvalue weighted by Crippen LogP contribution is -2.18. The molecule has 8 heteroatoms. The Balaban J connectivity index is 0.000000193. The molecule has 0 spiro atoms. The number of hydrogen-bond acceptors (Lipinski definition) is 8. The zero-order valence-corrected chi connectivity index (χ0v) is 23.7. The highest BCUT2D eigenvalue weighted by atomic mass is 16.5. The third-order valence-electron chi connectivity index (χ3n) is 6.64. The minimum absolute atomic E-state index is 0.0568. The van der Waals surface area contributed by atoms with Gasteiger partial charge in [-0.15, -0.1) is 6.58 Å². The maximum atomic E-state index is 12.6. The van der Waals surface area contributed by atoms with E-state index < -0.39 is 0 Å². The van der Waals surface area contributed by atoms with Gasteiger partial charge in [0.25, 0.3) is 0 Å². The molecule has 1 aliphatic carbocycles. The molecule has 3 aromatic carbocycles. The molecule has 214 valence electrons. The lowest BCUT2D eigenvalue weighted by molar-refractivity contribution is -0.117.